The molecule has 0 aliphatic rings. The zero-order valence-corrected chi connectivity index (χ0v) is 25.8. The number of nitriles is 1. The Kier molecular flexibility index (Phi) is 6.22. The fourth-order valence-electron chi connectivity index (χ4n) is 7.31. The molecule has 4 heteroatoms. The summed E-state index contributed by atoms with van der Waals surface area (Å²) >= 11 is 0. The van der Waals surface area contributed by atoms with Gasteiger partial charge in [0.2, 0.25) is 0 Å². The maximum Gasteiger partial charge on any atom is 0.196 e. The number of fused-ring (bicyclic) bond motifs is 6. The van der Waals surface area contributed by atoms with E-state index in [9.17, 15) is 5.26 Å². The monoisotopic (exact) mass is 610 g/mol. The Labute approximate surface area is 277 Å². The van der Waals surface area contributed by atoms with Crippen LogP contribution in [0.4, 0.5) is 5.69 Å². The number of para-hydroxylation sites is 5. The molecule has 0 aliphatic carbocycles. The lowest BCUT2D eigenvalue weighted by molar-refractivity contribution is 1.17. The van der Waals surface area contributed by atoms with Crippen LogP contribution >= 0.6 is 0 Å². The van der Waals surface area contributed by atoms with Crippen molar-refractivity contribution in [2.45, 2.75) is 0 Å². The predicted octanol–water partition coefficient (Wildman–Crippen LogP) is 11.6. The van der Waals surface area contributed by atoms with Crippen molar-refractivity contribution in [3.8, 4) is 39.7 Å². The van der Waals surface area contributed by atoms with Crippen LogP contribution in [0.5, 0.6) is 0 Å². The van der Waals surface area contributed by atoms with Crippen LogP contribution in [0.1, 0.15) is 5.56 Å². The predicted molar refractivity (Wildman–Crippen MR) is 197 cm³/mol. The fraction of sp³-hybridized carbons (Fsp3) is 0. The van der Waals surface area contributed by atoms with Crippen LogP contribution in [0.2, 0.25) is 0 Å². The molecule has 2 heterocycles. The van der Waals surface area contributed by atoms with Crippen molar-refractivity contribution >= 4 is 49.3 Å². The maximum absolute atomic E-state index is 10.3. The topological polar surface area (TPSA) is 38.0 Å². The highest BCUT2D eigenvalue weighted by molar-refractivity contribution is 6.10. The second kappa shape index (κ2) is 10.9. The Morgan fingerprint density at radius 3 is 1.44 bits per heavy atom. The second-order valence-corrected chi connectivity index (χ2v) is 11.9. The molecule has 0 fully saturated rings. The van der Waals surface area contributed by atoms with Crippen molar-refractivity contribution in [3.63, 3.8) is 0 Å². The smallest absolute Gasteiger partial charge is 0.196 e. The molecule has 0 bridgehead atoms. The number of hydrogen-bond acceptors (Lipinski definition) is 1. The molecule has 0 saturated heterocycles. The summed E-state index contributed by atoms with van der Waals surface area (Å²) in [5.41, 5.74) is 10.9. The van der Waals surface area contributed by atoms with Crippen molar-refractivity contribution in [3.05, 3.63) is 175 Å². The molecule has 9 rings (SSSR count). The molecular formula is C44H26N4. The lowest BCUT2D eigenvalue weighted by Gasteiger charge is -2.16. The van der Waals surface area contributed by atoms with Gasteiger partial charge in [0.1, 0.15) is 0 Å². The first-order valence-electron chi connectivity index (χ1n) is 15.9. The molecule has 0 unspecified atom stereocenters. The minimum absolute atomic E-state index is 0.448. The molecule has 2 aromatic heterocycles. The number of benzene rings is 7. The minimum atomic E-state index is 0.448. The number of rotatable bonds is 4. The SMILES string of the molecule is [C-]#[N+]c1cc(C#N)c(-n2c3ccccc3c3ccccc32)cc1-c1cccc(-c2ccccc2-n2c3ccccc3c3ccccc32)c1. The molecule has 222 valence electrons. The number of nitrogens with zero attached hydrogens (tertiary/aromatic N) is 4. The van der Waals surface area contributed by atoms with Gasteiger partial charge in [-0.3, -0.25) is 0 Å². The first-order valence-corrected chi connectivity index (χ1v) is 15.9. The summed E-state index contributed by atoms with van der Waals surface area (Å²) in [6.07, 6.45) is 0. The van der Waals surface area contributed by atoms with E-state index in [1.807, 2.05) is 30.3 Å². The standard InChI is InChI=1S/C44H26N4/c1-46-38-26-31(28-45)44(48-42-23-10-5-18-35(42)36-19-6-11-24-43(36)48)27-37(38)30-14-12-13-29(25-30)32-15-2-7-20-39(32)47-40-21-8-3-16-33(40)34-17-4-9-22-41(34)47/h2-27H. The van der Waals surface area contributed by atoms with Crippen LogP contribution in [-0.4, -0.2) is 9.13 Å². The van der Waals surface area contributed by atoms with Gasteiger partial charge in [-0.2, -0.15) is 5.26 Å². The zero-order valence-electron chi connectivity index (χ0n) is 25.8. The third-order valence-electron chi connectivity index (χ3n) is 9.39. The van der Waals surface area contributed by atoms with Gasteiger partial charge in [-0.1, -0.05) is 109 Å². The molecule has 0 amide bonds. The summed E-state index contributed by atoms with van der Waals surface area (Å²) in [4.78, 5) is 3.92. The van der Waals surface area contributed by atoms with E-state index >= 15 is 0 Å². The minimum Gasteiger partial charge on any atom is -0.309 e. The summed E-state index contributed by atoms with van der Waals surface area (Å²) in [6.45, 7) is 8.12. The van der Waals surface area contributed by atoms with E-state index in [4.69, 9.17) is 6.57 Å². The summed E-state index contributed by atoms with van der Waals surface area (Å²) in [7, 11) is 0. The van der Waals surface area contributed by atoms with E-state index in [1.165, 1.54) is 10.8 Å². The molecule has 9 aromatic rings. The van der Waals surface area contributed by atoms with Crippen LogP contribution in [0.15, 0.2) is 158 Å². The van der Waals surface area contributed by atoms with E-state index in [-0.39, 0.29) is 0 Å². The largest absolute Gasteiger partial charge is 0.309 e. The fourth-order valence-corrected chi connectivity index (χ4v) is 7.31. The Hall–Kier alpha value is -6.88. The molecule has 0 atom stereocenters. The Bertz CT molecular complexity index is 2710. The Balaban J connectivity index is 1.26. The van der Waals surface area contributed by atoms with E-state index in [0.717, 1.165) is 66.5 Å². The molecule has 0 saturated carbocycles. The molecule has 0 spiro atoms. The quantitative estimate of drug-likeness (QED) is 0.183. The van der Waals surface area contributed by atoms with Gasteiger partial charge < -0.3 is 9.13 Å². The van der Waals surface area contributed by atoms with Gasteiger partial charge in [-0.25, -0.2) is 4.85 Å². The first-order chi connectivity index (χ1) is 23.7. The van der Waals surface area contributed by atoms with Crippen LogP contribution in [0.25, 0.3) is 82.1 Å². The maximum atomic E-state index is 10.3. The Morgan fingerprint density at radius 2 is 0.917 bits per heavy atom. The summed E-state index contributed by atoms with van der Waals surface area (Å²) in [5.74, 6) is 0. The normalized spacial score (nSPS) is 11.3. The summed E-state index contributed by atoms with van der Waals surface area (Å²) < 4.78 is 4.50. The highest BCUT2D eigenvalue weighted by atomic mass is 15.0. The van der Waals surface area contributed by atoms with E-state index in [0.29, 0.717) is 11.3 Å². The highest BCUT2D eigenvalue weighted by Gasteiger charge is 2.19. The Morgan fingerprint density at radius 1 is 0.458 bits per heavy atom. The molecule has 7 aromatic carbocycles. The number of aromatic nitrogens is 2. The van der Waals surface area contributed by atoms with Gasteiger partial charge in [0, 0.05) is 27.1 Å². The third kappa shape index (κ3) is 4.07. The van der Waals surface area contributed by atoms with Crippen LogP contribution in [0.3, 0.4) is 0 Å². The van der Waals surface area contributed by atoms with E-state index < -0.39 is 0 Å². The van der Waals surface area contributed by atoms with Crippen molar-refractivity contribution in [2.24, 2.45) is 0 Å². The van der Waals surface area contributed by atoms with Gasteiger partial charge in [0.15, 0.2) is 5.69 Å². The first kappa shape index (κ1) is 27.4. The summed E-state index contributed by atoms with van der Waals surface area (Å²) in [5, 5.41) is 15.0. The van der Waals surface area contributed by atoms with Gasteiger partial charge >= 0.3 is 0 Å². The van der Waals surface area contributed by atoms with Gasteiger partial charge in [-0.05, 0) is 65.2 Å². The molecule has 0 radical (unpaired) electrons. The highest BCUT2D eigenvalue weighted by Crippen LogP contribution is 2.41. The van der Waals surface area contributed by atoms with Crippen LogP contribution in [0, 0.1) is 17.9 Å². The van der Waals surface area contributed by atoms with Gasteiger partial charge in [-0.15, -0.1) is 0 Å². The average molecular weight is 611 g/mol. The zero-order chi connectivity index (χ0) is 32.2. The van der Waals surface area contributed by atoms with Crippen LogP contribution < -0.4 is 0 Å². The van der Waals surface area contributed by atoms with Crippen molar-refractivity contribution in [2.75, 3.05) is 0 Å². The second-order valence-electron chi connectivity index (χ2n) is 11.9. The molecule has 48 heavy (non-hydrogen) atoms. The van der Waals surface area contributed by atoms with Gasteiger partial charge in [0.05, 0.1) is 51.6 Å². The van der Waals surface area contributed by atoms with Crippen LogP contribution in [-0.2, 0) is 0 Å². The molecule has 0 aliphatic heterocycles. The van der Waals surface area contributed by atoms with Crippen molar-refractivity contribution < 1.29 is 0 Å². The average Bonchev–Trinajstić information content (AvgIpc) is 3.67. The number of hydrogen-bond donors (Lipinski definition) is 0. The molecular weight excluding hydrogens is 585 g/mol. The molecule has 0 N–H and O–H groups in total. The van der Waals surface area contributed by atoms with E-state index in [2.05, 4.69) is 141 Å². The third-order valence-corrected chi connectivity index (χ3v) is 9.39. The lowest BCUT2D eigenvalue weighted by Crippen LogP contribution is -1.99. The summed E-state index contributed by atoms with van der Waals surface area (Å²) in [6, 6.07) is 56.7. The van der Waals surface area contributed by atoms with Crippen molar-refractivity contribution in [1.82, 2.24) is 9.13 Å². The van der Waals surface area contributed by atoms with E-state index in [1.54, 1.807) is 6.07 Å². The van der Waals surface area contributed by atoms with Crippen molar-refractivity contribution in [1.29, 1.82) is 5.26 Å². The van der Waals surface area contributed by atoms with Gasteiger partial charge in [0.25, 0.3) is 0 Å². The molecule has 4 nitrogen and oxygen atoms in total. The lowest BCUT2D eigenvalue weighted by atomic mass is 9.95.